The summed E-state index contributed by atoms with van der Waals surface area (Å²) in [5, 5.41) is 0. The molecule has 0 unspecified atom stereocenters. The van der Waals surface area contributed by atoms with Crippen LogP contribution in [0.5, 0.6) is 0 Å². The highest BCUT2D eigenvalue weighted by molar-refractivity contribution is 6.23. The fourth-order valence-corrected chi connectivity index (χ4v) is 4.20. The van der Waals surface area contributed by atoms with E-state index in [1.165, 1.54) is 4.90 Å². The molecular formula is C17H17NO2. The van der Waals surface area contributed by atoms with Gasteiger partial charge in [0.05, 0.1) is 17.5 Å². The lowest BCUT2D eigenvalue weighted by atomic mass is 9.85. The molecule has 2 fully saturated rings. The van der Waals surface area contributed by atoms with E-state index in [0.717, 1.165) is 23.2 Å². The van der Waals surface area contributed by atoms with Crippen LogP contribution in [0.15, 0.2) is 30.4 Å². The Balaban J connectivity index is 1.78. The zero-order valence-electron chi connectivity index (χ0n) is 11.7. The molecule has 102 valence electrons. The number of carbonyl (C=O) groups excluding carboxylic acids is 2. The van der Waals surface area contributed by atoms with Crippen molar-refractivity contribution < 1.29 is 9.59 Å². The molecule has 0 radical (unpaired) electrons. The Morgan fingerprint density at radius 1 is 1.00 bits per heavy atom. The van der Waals surface area contributed by atoms with Gasteiger partial charge < -0.3 is 0 Å². The van der Waals surface area contributed by atoms with Crippen LogP contribution in [0.1, 0.15) is 17.5 Å². The molecule has 1 aliphatic heterocycles. The molecule has 2 bridgehead atoms. The predicted molar refractivity (Wildman–Crippen MR) is 76.1 cm³/mol. The lowest BCUT2D eigenvalue weighted by Gasteiger charge is -2.19. The third kappa shape index (κ3) is 1.35. The predicted octanol–water partition coefficient (Wildman–Crippen LogP) is 2.61. The molecule has 0 aromatic heterocycles. The molecule has 1 heterocycles. The summed E-state index contributed by atoms with van der Waals surface area (Å²) in [5.41, 5.74) is 2.90. The first-order valence-corrected chi connectivity index (χ1v) is 7.21. The summed E-state index contributed by atoms with van der Waals surface area (Å²) in [6.07, 6.45) is 5.23. The smallest absolute Gasteiger partial charge is 0.238 e. The van der Waals surface area contributed by atoms with E-state index in [1.807, 2.05) is 32.0 Å². The van der Waals surface area contributed by atoms with E-state index >= 15 is 0 Å². The minimum Gasteiger partial charge on any atom is -0.274 e. The van der Waals surface area contributed by atoms with Crippen LogP contribution in [-0.4, -0.2) is 11.8 Å². The van der Waals surface area contributed by atoms with Gasteiger partial charge >= 0.3 is 0 Å². The average molecular weight is 267 g/mol. The Morgan fingerprint density at radius 3 is 2.15 bits per heavy atom. The van der Waals surface area contributed by atoms with Crippen LogP contribution < -0.4 is 4.90 Å². The molecule has 4 atom stereocenters. The zero-order chi connectivity index (χ0) is 14.0. The van der Waals surface area contributed by atoms with Gasteiger partial charge in [-0.3, -0.25) is 9.59 Å². The largest absolute Gasteiger partial charge is 0.274 e. The molecular weight excluding hydrogens is 250 g/mol. The number of imide groups is 1. The Labute approximate surface area is 118 Å². The monoisotopic (exact) mass is 267 g/mol. The second-order valence-electron chi connectivity index (χ2n) is 6.30. The van der Waals surface area contributed by atoms with E-state index in [9.17, 15) is 9.59 Å². The first-order chi connectivity index (χ1) is 9.58. The number of amides is 2. The number of benzene rings is 1. The number of nitrogens with zero attached hydrogens (tertiary/aromatic N) is 1. The maximum Gasteiger partial charge on any atom is 0.238 e. The highest BCUT2D eigenvalue weighted by Crippen LogP contribution is 2.53. The minimum atomic E-state index is -0.113. The lowest BCUT2D eigenvalue weighted by molar-refractivity contribution is -0.123. The van der Waals surface area contributed by atoms with Crippen molar-refractivity contribution in [1.82, 2.24) is 0 Å². The van der Waals surface area contributed by atoms with Crippen molar-refractivity contribution in [2.45, 2.75) is 20.3 Å². The highest BCUT2D eigenvalue weighted by atomic mass is 16.2. The summed E-state index contributed by atoms with van der Waals surface area (Å²) in [6.45, 7) is 3.98. The van der Waals surface area contributed by atoms with E-state index in [4.69, 9.17) is 0 Å². The number of aryl methyl sites for hydroxylation is 2. The van der Waals surface area contributed by atoms with Gasteiger partial charge in [0, 0.05) is 0 Å². The molecule has 2 amide bonds. The van der Waals surface area contributed by atoms with Crippen LogP contribution in [0.25, 0.3) is 0 Å². The number of carbonyl (C=O) groups is 2. The van der Waals surface area contributed by atoms with Crippen molar-refractivity contribution >= 4 is 17.5 Å². The van der Waals surface area contributed by atoms with Crippen molar-refractivity contribution in [2.75, 3.05) is 4.90 Å². The first-order valence-electron chi connectivity index (χ1n) is 7.21. The average Bonchev–Trinajstić information content (AvgIpc) is 3.06. The molecule has 4 rings (SSSR count). The number of anilines is 1. The summed E-state index contributed by atoms with van der Waals surface area (Å²) < 4.78 is 0. The van der Waals surface area contributed by atoms with Crippen molar-refractivity contribution in [3.05, 3.63) is 41.5 Å². The van der Waals surface area contributed by atoms with Crippen LogP contribution in [0.4, 0.5) is 5.69 Å². The van der Waals surface area contributed by atoms with Gasteiger partial charge in [-0.15, -0.1) is 0 Å². The van der Waals surface area contributed by atoms with E-state index < -0.39 is 0 Å². The quantitative estimate of drug-likeness (QED) is 0.579. The number of hydrogen-bond acceptors (Lipinski definition) is 2. The Bertz CT molecular complexity index is 631. The van der Waals surface area contributed by atoms with Crippen LogP contribution in [0, 0.1) is 37.5 Å². The van der Waals surface area contributed by atoms with Crippen LogP contribution in [-0.2, 0) is 9.59 Å². The standard InChI is InChI=1S/C17H17NO2/c1-9-3-6-13(10(2)7-9)18-16(19)14-11-4-5-12(8-11)15(14)17(18)20/h3-7,11-12,14-15H,8H2,1-2H3/t11-,12+,14-,15-/m0/s1. The van der Waals surface area contributed by atoms with Crippen LogP contribution in [0.3, 0.4) is 0 Å². The summed E-state index contributed by atoms with van der Waals surface area (Å²) in [4.78, 5) is 26.8. The molecule has 0 spiro atoms. The summed E-state index contributed by atoms with van der Waals surface area (Å²) in [5.74, 6) is 0.332. The van der Waals surface area contributed by atoms with E-state index in [0.29, 0.717) is 0 Å². The van der Waals surface area contributed by atoms with Gasteiger partial charge in [-0.1, -0.05) is 29.8 Å². The first kappa shape index (κ1) is 11.9. The maximum atomic E-state index is 12.7. The summed E-state index contributed by atoms with van der Waals surface area (Å²) >= 11 is 0. The molecule has 3 aliphatic rings. The van der Waals surface area contributed by atoms with Gasteiger partial charge in [0.25, 0.3) is 0 Å². The van der Waals surface area contributed by atoms with Crippen LogP contribution >= 0.6 is 0 Å². The number of hydrogen-bond donors (Lipinski definition) is 0. The Hall–Kier alpha value is -1.90. The summed E-state index contributed by atoms with van der Waals surface area (Å²) in [6, 6.07) is 5.89. The molecule has 3 heteroatoms. The van der Waals surface area contributed by atoms with Gasteiger partial charge in [-0.25, -0.2) is 4.90 Å². The Morgan fingerprint density at radius 2 is 1.60 bits per heavy atom. The third-order valence-corrected chi connectivity index (χ3v) is 5.06. The fraction of sp³-hybridized carbons (Fsp3) is 0.412. The van der Waals surface area contributed by atoms with Crippen molar-refractivity contribution in [3.63, 3.8) is 0 Å². The molecule has 0 N–H and O–H groups in total. The molecule has 3 nitrogen and oxygen atoms in total. The molecule has 1 aromatic rings. The minimum absolute atomic E-state index is 0.00352. The van der Waals surface area contributed by atoms with Gasteiger partial charge in [0.2, 0.25) is 11.8 Å². The van der Waals surface area contributed by atoms with E-state index in [2.05, 4.69) is 12.2 Å². The second kappa shape index (κ2) is 3.81. The second-order valence-corrected chi connectivity index (χ2v) is 6.30. The van der Waals surface area contributed by atoms with E-state index in [1.54, 1.807) is 0 Å². The fourth-order valence-electron chi connectivity index (χ4n) is 4.20. The molecule has 2 aliphatic carbocycles. The zero-order valence-corrected chi connectivity index (χ0v) is 11.7. The van der Waals surface area contributed by atoms with Gasteiger partial charge in [-0.05, 0) is 43.7 Å². The molecule has 1 saturated carbocycles. The van der Waals surface area contributed by atoms with Gasteiger partial charge in [0.1, 0.15) is 0 Å². The lowest BCUT2D eigenvalue weighted by Crippen LogP contribution is -2.33. The highest BCUT2D eigenvalue weighted by Gasteiger charge is 2.59. The van der Waals surface area contributed by atoms with Crippen molar-refractivity contribution in [2.24, 2.45) is 23.7 Å². The number of fused-ring (bicyclic) bond motifs is 5. The topological polar surface area (TPSA) is 37.4 Å². The molecule has 1 aromatic carbocycles. The molecule has 20 heavy (non-hydrogen) atoms. The molecule has 1 saturated heterocycles. The van der Waals surface area contributed by atoms with Gasteiger partial charge in [0.15, 0.2) is 0 Å². The van der Waals surface area contributed by atoms with Crippen molar-refractivity contribution in [1.29, 1.82) is 0 Å². The SMILES string of the molecule is Cc1ccc(N2C(=O)[C@@H]3[C@@H](C2=O)[C@H]2C=C[C@@H]3C2)c(C)c1. The summed E-state index contributed by atoms with van der Waals surface area (Å²) in [7, 11) is 0. The number of allylic oxidation sites excluding steroid dienone is 2. The van der Waals surface area contributed by atoms with Crippen molar-refractivity contribution in [3.8, 4) is 0 Å². The normalized spacial score (nSPS) is 34.2. The van der Waals surface area contributed by atoms with Crippen LogP contribution in [0.2, 0.25) is 0 Å². The van der Waals surface area contributed by atoms with E-state index in [-0.39, 0.29) is 35.5 Å². The maximum absolute atomic E-state index is 12.7. The third-order valence-electron chi connectivity index (χ3n) is 5.06. The van der Waals surface area contributed by atoms with Gasteiger partial charge in [-0.2, -0.15) is 0 Å². The number of rotatable bonds is 1. The Kier molecular flexibility index (Phi) is 2.27.